The number of aromatic nitrogens is 1. The molecule has 2 rings (SSSR count). The van der Waals surface area contributed by atoms with Gasteiger partial charge in [0.2, 0.25) is 0 Å². The fraction of sp³-hybridized carbons (Fsp3) is 0.0833. The van der Waals surface area contributed by atoms with Crippen molar-refractivity contribution in [3.63, 3.8) is 0 Å². The molecule has 4 nitrogen and oxygen atoms in total. The van der Waals surface area contributed by atoms with E-state index in [9.17, 15) is 8.42 Å². The van der Waals surface area contributed by atoms with Gasteiger partial charge in [0.05, 0.1) is 4.90 Å². The van der Waals surface area contributed by atoms with E-state index in [2.05, 4.69) is 4.98 Å². The maximum absolute atomic E-state index is 12.3. The average Bonchev–Trinajstić information content (AvgIpc) is 2.39. The first-order valence-electron chi connectivity index (χ1n) is 5.17. The van der Waals surface area contributed by atoms with Crippen molar-refractivity contribution in [1.29, 1.82) is 0 Å². The lowest BCUT2D eigenvalue weighted by Gasteiger charge is -2.18. The highest BCUT2D eigenvalue weighted by atomic mass is 35.5. The van der Waals surface area contributed by atoms with E-state index in [0.717, 1.165) is 4.31 Å². The van der Waals surface area contributed by atoms with E-state index in [1.165, 1.54) is 19.2 Å². The number of benzene rings is 1. The third-order valence-corrected chi connectivity index (χ3v) is 4.47. The van der Waals surface area contributed by atoms with Crippen LogP contribution >= 0.6 is 11.6 Å². The van der Waals surface area contributed by atoms with E-state index in [1.54, 1.807) is 36.5 Å². The van der Waals surface area contributed by atoms with Gasteiger partial charge >= 0.3 is 0 Å². The van der Waals surface area contributed by atoms with Gasteiger partial charge in [-0.2, -0.15) is 0 Å². The second-order valence-corrected chi connectivity index (χ2v) is 6.02. The second-order valence-electron chi connectivity index (χ2n) is 3.61. The molecule has 0 atom stereocenters. The predicted octanol–water partition coefficient (Wildman–Crippen LogP) is 2.56. The number of hydrogen-bond acceptors (Lipinski definition) is 3. The molecule has 0 radical (unpaired) electrons. The molecule has 0 spiro atoms. The Labute approximate surface area is 111 Å². The normalized spacial score (nSPS) is 11.2. The summed E-state index contributed by atoms with van der Waals surface area (Å²) in [5, 5.41) is 0.495. The fourth-order valence-electron chi connectivity index (χ4n) is 1.43. The fourth-order valence-corrected chi connectivity index (χ4v) is 2.70. The van der Waals surface area contributed by atoms with Crippen molar-refractivity contribution in [3.8, 4) is 0 Å². The summed E-state index contributed by atoms with van der Waals surface area (Å²) >= 11 is 5.74. The molecule has 0 aliphatic heterocycles. The Balaban J connectivity index is 2.40. The molecule has 18 heavy (non-hydrogen) atoms. The van der Waals surface area contributed by atoms with E-state index in [4.69, 9.17) is 11.6 Å². The maximum Gasteiger partial charge on any atom is 0.265 e. The monoisotopic (exact) mass is 282 g/mol. The predicted molar refractivity (Wildman–Crippen MR) is 71.3 cm³/mol. The van der Waals surface area contributed by atoms with Crippen LogP contribution in [0.15, 0.2) is 53.6 Å². The topological polar surface area (TPSA) is 50.3 Å². The Morgan fingerprint density at radius 2 is 1.78 bits per heavy atom. The second kappa shape index (κ2) is 4.96. The molecule has 1 aromatic heterocycles. The first-order valence-corrected chi connectivity index (χ1v) is 6.99. The summed E-state index contributed by atoms with van der Waals surface area (Å²) in [6, 6.07) is 11.1. The lowest BCUT2D eigenvalue weighted by Crippen LogP contribution is -2.27. The third-order valence-electron chi connectivity index (χ3n) is 2.44. The maximum atomic E-state index is 12.3. The molecule has 94 valence electrons. The third kappa shape index (κ3) is 2.47. The highest BCUT2D eigenvalue weighted by Crippen LogP contribution is 2.21. The molecule has 0 aliphatic carbocycles. The molecule has 0 saturated heterocycles. The van der Waals surface area contributed by atoms with Crippen molar-refractivity contribution in [1.82, 2.24) is 4.98 Å². The van der Waals surface area contributed by atoms with Crippen molar-refractivity contribution < 1.29 is 8.42 Å². The molecule has 1 heterocycles. The van der Waals surface area contributed by atoms with E-state index in [-0.39, 0.29) is 4.90 Å². The number of hydrogen-bond donors (Lipinski definition) is 0. The van der Waals surface area contributed by atoms with Gasteiger partial charge in [0.25, 0.3) is 10.0 Å². The minimum absolute atomic E-state index is 0.181. The van der Waals surface area contributed by atoms with E-state index >= 15 is 0 Å². The number of pyridine rings is 1. The molecule has 0 N–H and O–H groups in total. The van der Waals surface area contributed by atoms with Gasteiger partial charge in [0.15, 0.2) is 0 Å². The molecule has 2 aromatic rings. The van der Waals surface area contributed by atoms with Gasteiger partial charge in [-0.15, -0.1) is 0 Å². The van der Waals surface area contributed by atoms with E-state index in [1.807, 2.05) is 0 Å². The summed E-state index contributed by atoms with van der Waals surface area (Å²) in [5.41, 5.74) is 0. The van der Waals surface area contributed by atoms with Crippen LogP contribution in [-0.2, 0) is 10.0 Å². The number of halogens is 1. The van der Waals surface area contributed by atoms with Gasteiger partial charge < -0.3 is 0 Å². The Kier molecular flexibility index (Phi) is 3.54. The summed E-state index contributed by atoms with van der Waals surface area (Å²) in [5.74, 6) is 0.368. The van der Waals surface area contributed by atoms with Crippen LogP contribution in [0.25, 0.3) is 0 Å². The number of rotatable bonds is 3. The van der Waals surface area contributed by atoms with Gasteiger partial charge in [-0.25, -0.2) is 13.4 Å². The van der Waals surface area contributed by atoms with Crippen LogP contribution in [0.5, 0.6) is 0 Å². The van der Waals surface area contributed by atoms with Crippen molar-refractivity contribution in [2.75, 3.05) is 11.4 Å². The molecular formula is C12H11ClN2O2S. The Morgan fingerprint density at radius 1 is 1.11 bits per heavy atom. The summed E-state index contributed by atoms with van der Waals surface area (Å²) in [6.45, 7) is 0. The van der Waals surface area contributed by atoms with Gasteiger partial charge in [-0.1, -0.05) is 17.7 Å². The summed E-state index contributed by atoms with van der Waals surface area (Å²) in [6.07, 6.45) is 1.54. The highest BCUT2D eigenvalue weighted by molar-refractivity contribution is 7.92. The molecular weight excluding hydrogens is 272 g/mol. The van der Waals surface area contributed by atoms with Crippen molar-refractivity contribution in [2.24, 2.45) is 0 Å². The minimum atomic E-state index is -3.60. The molecule has 1 aromatic carbocycles. The molecule has 0 fully saturated rings. The molecule has 0 aliphatic rings. The largest absolute Gasteiger partial charge is 0.265 e. The first kappa shape index (κ1) is 12.9. The van der Waals surface area contributed by atoms with Crippen molar-refractivity contribution in [2.45, 2.75) is 4.90 Å². The number of nitrogens with zero attached hydrogens (tertiary/aromatic N) is 2. The molecule has 6 heteroatoms. The standard InChI is InChI=1S/C12H11ClN2O2S/c1-15(12-4-2-3-9-14-12)18(16,17)11-7-5-10(13)6-8-11/h2-9H,1H3. The van der Waals surface area contributed by atoms with Gasteiger partial charge in [-0.3, -0.25) is 4.31 Å². The van der Waals surface area contributed by atoms with Gasteiger partial charge in [-0.05, 0) is 36.4 Å². The van der Waals surface area contributed by atoms with Crippen LogP contribution in [-0.4, -0.2) is 20.4 Å². The quantitative estimate of drug-likeness (QED) is 0.869. The van der Waals surface area contributed by atoms with Crippen LogP contribution in [0.3, 0.4) is 0 Å². The number of anilines is 1. The molecule has 0 unspecified atom stereocenters. The molecule has 0 bridgehead atoms. The Bertz CT molecular complexity index is 627. The van der Waals surface area contributed by atoms with Crippen LogP contribution in [0.1, 0.15) is 0 Å². The smallest absolute Gasteiger partial charge is 0.253 e. The lowest BCUT2D eigenvalue weighted by atomic mass is 10.4. The summed E-state index contributed by atoms with van der Waals surface area (Å²) in [4.78, 5) is 4.19. The number of sulfonamides is 1. The molecule has 0 saturated carbocycles. The van der Waals surface area contributed by atoms with Crippen molar-refractivity contribution in [3.05, 3.63) is 53.7 Å². The SMILES string of the molecule is CN(c1ccccn1)S(=O)(=O)c1ccc(Cl)cc1. The van der Waals surface area contributed by atoms with Gasteiger partial charge in [0.1, 0.15) is 5.82 Å². The van der Waals surface area contributed by atoms with Gasteiger partial charge in [0, 0.05) is 18.3 Å². The van der Waals surface area contributed by atoms with Crippen LogP contribution < -0.4 is 4.31 Å². The zero-order valence-corrected chi connectivity index (χ0v) is 11.2. The van der Waals surface area contributed by atoms with Crippen LogP contribution in [0, 0.1) is 0 Å². The lowest BCUT2D eigenvalue weighted by molar-refractivity contribution is 0.594. The first-order chi connectivity index (χ1) is 8.51. The zero-order valence-electron chi connectivity index (χ0n) is 9.62. The van der Waals surface area contributed by atoms with Crippen molar-refractivity contribution >= 4 is 27.4 Å². The average molecular weight is 283 g/mol. The molecule has 0 amide bonds. The van der Waals surface area contributed by atoms with E-state index < -0.39 is 10.0 Å². The zero-order chi connectivity index (χ0) is 13.2. The highest BCUT2D eigenvalue weighted by Gasteiger charge is 2.21. The summed E-state index contributed by atoms with van der Waals surface area (Å²) in [7, 11) is -2.13. The Hall–Kier alpha value is -1.59. The Morgan fingerprint density at radius 3 is 2.33 bits per heavy atom. The van der Waals surface area contributed by atoms with Crippen LogP contribution in [0.2, 0.25) is 5.02 Å². The minimum Gasteiger partial charge on any atom is -0.253 e. The summed E-state index contributed by atoms with van der Waals surface area (Å²) < 4.78 is 25.7. The van der Waals surface area contributed by atoms with E-state index in [0.29, 0.717) is 10.8 Å². The van der Waals surface area contributed by atoms with Crippen LogP contribution in [0.4, 0.5) is 5.82 Å².